The van der Waals surface area contributed by atoms with E-state index < -0.39 is 11.9 Å². The van der Waals surface area contributed by atoms with Gasteiger partial charge in [-0.2, -0.15) is 5.26 Å². The Morgan fingerprint density at radius 3 is 2.38 bits per heavy atom. The van der Waals surface area contributed by atoms with Crippen molar-refractivity contribution >= 4 is 5.91 Å². The van der Waals surface area contributed by atoms with Crippen LogP contribution in [-0.4, -0.2) is 11.9 Å². The van der Waals surface area contributed by atoms with Gasteiger partial charge >= 0.3 is 0 Å². The van der Waals surface area contributed by atoms with Gasteiger partial charge in [0, 0.05) is 0 Å². The molecule has 0 aliphatic rings. The van der Waals surface area contributed by atoms with Gasteiger partial charge in [0.15, 0.2) is 0 Å². The predicted octanol–water partition coefficient (Wildman–Crippen LogP) is -0.870. The number of primary amides is 1. The number of hydrogen-bond donors (Lipinski definition) is 1. The van der Waals surface area contributed by atoms with Gasteiger partial charge in [-0.25, -0.2) is 0 Å². The third kappa shape index (κ3) is 1.34. The first-order valence-electron chi connectivity index (χ1n) is 1.73. The lowest BCUT2D eigenvalue weighted by Crippen LogP contribution is -2.24. The van der Waals surface area contributed by atoms with Crippen LogP contribution in [0.4, 0.5) is 0 Å². The van der Waals surface area contributed by atoms with Crippen molar-refractivity contribution in [2.24, 2.45) is 10.9 Å². The van der Waals surface area contributed by atoms with Crippen LogP contribution in [0, 0.1) is 16.2 Å². The molecule has 8 heavy (non-hydrogen) atoms. The van der Waals surface area contributed by atoms with Crippen molar-refractivity contribution in [1.29, 1.82) is 5.26 Å². The van der Waals surface area contributed by atoms with E-state index in [1.165, 1.54) is 6.07 Å². The van der Waals surface area contributed by atoms with E-state index >= 15 is 0 Å². The summed E-state index contributed by atoms with van der Waals surface area (Å²) in [5.74, 6) is -1.01. The molecular formula is C3H3N3O2. The molecule has 0 aliphatic carbocycles. The Labute approximate surface area is 45.1 Å². The molecular weight excluding hydrogens is 110 g/mol. The van der Waals surface area contributed by atoms with E-state index in [0.29, 0.717) is 0 Å². The van der Waals surface area contributed by atoms with Crippen LogP contribution < -0.4 is 5.73 Å². The van der Waals surface area contributed by atoms with E-state index in [4.69, 9.17) is 5.26 Å². The molecule has 5 nitrogen and oxygen atoms in total. The Morgan fingerprint density at radius 1 is 1.88 bits per heavy atom. The summed E-state index contributed by atoms with van der Waals surface area (Å²) in [6.45, 7) is 0. The smallest absolute Gasteiger partial charge is 0.260 e. The van der Waals surface area contributed by atoms with Crippen LogP contribution in [0.3, 0.4) is 0 Å². The molecule has 0 saturated heterocycles. The van der Waals surface area contributed by atoms with Crippen LogP contribution in [0.5, 0.6) is 0 Å². The van der Waals surface area contributed by atoms with Gasteiger partial charge in [-0.1, -0.05) is 0 Å². The van der Waals surface area contributed by atoms with Gasteiger partial charge in [0.25, 0.3) is 11.9 Å². The zero-order valence-electron chi connectivity index (χ0n) is 3.87. The summed E-state index contributed by atoms with van der Waals surface area (Å²) >= 11 is 0. The summed E-state index contributed by atoms with van der Waals surface area (Å²) in [6, 6.07) is -0.235. The molecule has 0 aromatic rings. The van der Waals surface area contributed by atoms with E-state index in [2.05, 4.69) is 10.9 Å². The summed E-state index contributed by atoms with van der Waals surface area (Å²) in [6.07, 6.45) is 0. The molecule has 1 atom stereocenters. The van der Waals surface area contributed by atoms with Gasteiger partial charge in [-0.15, -0.1) is 4.91 Å². The van der Waals surface area contributed by atoms with Gasteiger partial charge in [0.1, 0.15) is 6.07 Å². The van der Waals surface area contributed by atoms with Crippen LogP contribution in [0.2, 0.25) is 0 Å². The molecule has 0 bridgehead atoms. The molecule has 0 aromatic heterocycles. The number of hydrogen-bond acceptors (Lipinski definition) is 4. The van der Waals surface area contributed by atoms with Gasteiger partial charge < -0.3 is 5.73 Å². The van der Waals surface area contributed by atoms with Crippen molar-refractivity contribution in [2.75, 3.05) is 0 Å². The van der Waals surface area contributed by atoms with Gasteiger partial charge in [0.2, 0.25) is 0 Å². The molecule has 0 aliphatic heterocycles. The minimum Gasteiger partial charge on any atom is -0.367 e. The first-order chi connectivity index (χ1) is 3.72. The molecule has 5 heteroatoms. The van der Waals surface area contributed by atoms with Crippen molar-refractivity contribution in [3.05, 3.63) is 4.91 Å². The first kappa shape index (κ1) is 6.56. The fourth-order valence-corrected chi connectivity index (χ4v) is 0.139. The van der Waals surface area contributed by atoms with Crippen molar-refractivity contribution in [1.82, 2.24) is 0 Å². The Morgan fingerprint density at radius 2 is 2.38 bits per heavy atom. The average molecular weight is 113 g/mol. The normalized spacial score (nSPS) is 11.4. The molecule has 1 amide bonds. The minimum atomic E-state index is -1.53. The number of rotatable bonds is 2. The van der Waals surface area contributed by atoms with Crippen LogP contribution >= 0.6 is 0 Å². The second-order valence-electron chi connectivity index (χ2n) is 1.04. The molecule has 0 rings (SSSR count). The summed E-state index contributed by atoms with van der Waals surface area (Å²) in [5.41, 5.74) is 4.50. The van der Waals surface area contributed by atoms with Crippen LogP contribution in [0.1, 0.15) is 0 Å². The van der Waals surface area contributed by atoms with E-state index in [1.54, 1.807) is 0 Å². The lowest BCUT2D eigenvalue weighted by molar-refractivity contribution is -0.118. The lowest BCUT2D eigenvalue weighted by atomic mass is 10.3. The lowest BCUT2D eigenvalue weighted by Gasteiger charge is -1.85. The van der Waals surface area contributed by atoms with Gasteiger partial charge in [-0.3, -0.25) is 4.79 Å². The van der Waals surface area contributed by atoms with Crippen molar-refractivity contribution in [3.63, 3.8) is 0 Å². The highest BCUT2D eigenvalue weighted by Gasteiger charge is 2.12. The number of nitriles is 1. The molecule has 42 valence electrons. The third-order valence-corrected chi connectivity index (χ3v) is 0.497. The van der Waals surface area contributed by atoms with E-state index in [0.717, 1.165) is 0 Å². The second kappa shape index (κ2) is 2.69. The van der Waals surface area contributed by atoms with E-state index in [1.807, 2.05) is 0 Å². The molecule has 2 N–H and O–H groups in total. The second-order valence-corrected chi connectivity index (χ2v) is 1.04. The maximum Gasteiger partial charge on any atom is 0.260 e. The molecule has 0 saturated carbocycles. The number of nitrogens with zero attached hydrogens (tertiary/aromatic N) is 2. The highest BCUT2D eigenvalue weighted by molar-refractivity contribution is 5.82. The van der Waals surface area contributed by atoms with Gasteiger partial charge in [-0.05, 0) is 5.18 Å². The Balaban J connectivity index is 3.95. The third-order valence-electron chi connectivity index (χ3n) is 0.497. The predicted molar refractivity (Wildman–Crippen MR) is 24.4 cm³/mol. The zero-order valence-corrected chi connectivity index (χ0v) is 3.87. The maximum atomic E-state index is 9.87. The molecule has 0 aromatic carbocycles. The summed E-state index contributed by atoms with van der Waals surface area (Å²) in [4.78, 5) is 19.3. The zero-order chi connectivity index (χ0) is 6.57. The number of nitroso groups, excluding NO2 is 1. The monoisotopic (exact) mass is 113 g/mol. The van der Waals surface area contributed by atoms with Crippen LogP contribution in [0.25, 0.3) is 0 Å². The number of carbonyl (C=O) groups is 1. The average Bonchev–Trinajstić information content (AvgIpc) is 1.69. The quantitative estimate of drug-likeness (QED) is 0.471. The number of nitrogens with two attached hydrogens (primary N) is 1. The van der Waals surface area contributed by atoms with Crippen molar-refractivity contribution < 1.29 is 4.79 Å². The number of carbonyl (C=O) groups excluding carboxylic acids is 1. The Bertz CT molecular complexity index is 147. The SMILES string of the molecule is N#CC(N=O)C(N)=O. The summed E-state index contributed by atoms with van der Waals surface area (Å²) in [5, 5.41) is 9.97. The van der Waals surface area contributed by atoms with Gasteiger partial charge in [0.05, 0.1) is 0 Å². The summed E-state index contributed by atoms with van der Waals surface area (Å²) < 4.78 is 0. The molecule has 0 radical (unpaired) electrons. The Kier molecular flexibility index (Phi) is 2.20. The standard InChI is InChI=1S/C3H3N3O2/c4-1-2(6-8)3(5)7/h2H,(H2,5,7). The topological polar surface area (TPSA) is 96.3 Å². The molecule has 0 spiro atoms. The largest absolute Gasteiger partial charge is 0.367 e. The van der Waals surface area contributed by atoms with E-state index in [9.17, 15) is 9.70 Å². The number of amides is 1. The molecule has 0 fully saturated rings. The maximum absolute atomic E-state index is 9.87. The molecule has 1 unspecified atom stereocenters. The fourth-order valence-electron chi connectivity index (χ4n) is 0.139. The van der Waals surface area contributed by atoms with E-state index in [-0.39, 0.29) is 0 Å². The van der Waals surface area contributed by atoms with Crippen LogP contribution in [0.15, 0.2) is 5.18 Å². The highest BCUT2D eigenvalue weighted by Crippen LogP contribution is 1.82. The minimum absolute atomic E-state index is 1.01. The Hall–Kier alpha value is -1.44. The molecule has 0 heterocycles. The summed E-state index contributed by atoms with van der Waals surface area (Å²) in [7, 11) is 0. The fraction of sp³-hybridized carbons (Fsp3) is 0.333. The van der Waals surface area contributed by atoms with Crippen molar-refractivity contribution in [2.45, 2.75) is 6.04 Å². The van der Waals surface area contributed by atoms with Crippen LogP contribution in [-0.2, 0) is 4.79 Å². The van der Waals surface area contributed by atoms with Crippen molar-refractivity contribution in [3.8, 4) is 6.07 Å². The highest BCUT2D eigenvalue weighted by atomic mass is 16.3. The first-order valence-corrected chi connectivity index (χ1v) is 1.73.